The van der Waals surface area contributed by atoms with Crippen molar-refractivity contribution in [2.45, 2.75) is 24.2 Å². The Hall–Kier alpha value is -1.74. The number of halogens is 3. The van der Waals surface area contributed by atoms with E-state index < -0.39 is 11.9 Å². The van der Waals surface area contributed by atoms with E-state index in [0.717, 1.165) is 22.3 Å². The number of hydrogen-bond acceptors (Lipinski definition) is 4. The molecule has 0 spiro atoms. The second-order valence-corrected chi connectivity index (χ2v) is 7.05. The third-order valence-corrected chi connectivity index (χ3v) is 4.98. The van der Waals surface area contributed by atoms with Gasteiger partial charge in [0.25, 0.3) is 0 Å². The average molecular weight is 388 g/mol. The van der Waals surface area contributed by atoms with Crippen molar-refractivity contribution in [1.82, 2.24) is 15.2 Å². The number of benzene rings is 1. The Morgan fingerprint density at radius 3 is 2.52 bits per heavy atom. The molecule has 0 fully saturated rings. The number of hydrogen-bond donors (Lipinski definition) is 1. The van der Waals surface area contributed by atoms with E-state index in [4.69, 9.17) is 0 Å². The lowest BCUT2D eigenvalue weighted by Crippen LogP contribution is -2.38. The summed E-state index contributed by atoms with van der Waals surface area (Å²) in [5, 5.41) is 4.44. The third kappa shape index (κ3) is 5.64. The first-order chi connectivity index (χ1) is 11.8. The summed E-state index contributed by atoms with van der Waals surface area (Å²) in [5.74, 6) is 0.595. The molecule has 4 nitrogen and oxygen atoms in total. The molecule has 1 heterocycles. The molecule has 0 aliphatic rings. The molecule has 1 aromatic heterocycles. The maximum absolute atomic E-state index is 12.6. The molecule has 1 aromatic carbocycles. The van der Waals surface area contributed by atoms with Crippen LogP contribution in [0.15, 0.2) is 39.5 Å². The Morgan fingerprint density at radius 2 is 2.00 bits per heavy atom. The molecule has 2 aromatic rings. The lowest BCUT2D eigenvalue weighted by atomic mass is 10.2. The molecule has 0 atom stereocenters. The van der Waals surface area contributed by atoms with Gasteiger partial charge in [-0.1, -0.05) is 12.1 Å². The molecule has 2 rings (SSSR count). The van der Waals surface area contributed by atoms with Gasteiger partial charge in [-0.3, -0.25) is 4.99 Å². The SMILES string of the molecule is CN=C(NCc1nc(C(F)(F)F)cs1)N(C)Cc1ccc(SC)cc1. The highest BCUT2D eigenvalue weighted by Gasteiger charge is 2.33. The fraction of sp³-hybridized carbons (Fsp3) is 0.375. The number of aromatic nitrogens is 1. The van der Waals surface area contributed by atoms with Gasteiger partial charge in [-0.05, 0) is 24.0 Å². The first kappa shape index (κ1) is 19.6. The minimum atomic E-state index is -4.41. The second kappa shape index (κ2) is 8.57. The van der Waals surface area contributed by atoms with E-state index in [0.29, 0.717) is 17.5 Å². The molecule has 1 N–H and O–H groups in total. The van der Waals surface area contributed by atoms with Crippen LogP contribution in [0.25, 0.3) is 0 Å². The van der Waals surface area contributed by atoms with Crippen molar-refractivity contribution in [2.24, 2.45) is 4.99 Å². The van der Waals surface area contributed by atoms with Crippen LogP contribution >= 0.6 is 23.1 Å². The van der Waals surface area contributed by atoms with E-state index in [1.807, 2.05) is 30.3 Å². The summed E-state index contributed by atoms with van der Waals surface area (Å²) in [6.07, 6.45) is -2.38. The largest absolute Gasteiger partial charge is 0.434 e. The van der Waals surface area contributed by atoms with Gasteiger partial charge in [0.05, 0.1) is 6.54 Å². The van der Waals surface area contributed by atoms with Crippen LogP contribution in [0, 0.1) is 0 Å². The quantitative estimate of drug-likeness (QED) is 0.476. The van der Waals surface area contributed by atoms with Crippen molar-refractivity contribution in [1.29, 1.82) is 0 Å². The normalized spacial score (nSPS) is 12.3. The highest BCUT2D eigenvalue weighted by atomic mass is 32.2. The molecule has 25 heavy (non-hydrogen) atoms. The molecule has 0 saturated carbocycles. The molecule has 0 saturated heterocycles. The molecule has 0 bridgehead atoms. The first-order valence-electron chi connectivity index (χ1n) is 7.39. The molecular formula is C16H19F3N4S2. The van der Waals surface area contributed by atoms with Gasteiger partial charge in [-0.15, -0.1) is 23.1 Å². The summed E-state index contributed by atoms with van der Waals surface area (Å²) in [4.78, 5) is 10.9. The minimum absolute atomic E-state index is 0.198. The van der Waals surface area contributed by atoms with Crippen LogP contribution < -0.4 is 5.32 Å². The van der Waals surface area contributed by atoms with Crippen molar-refractivity contribution < 1.29 is 13.2 Å². The maximum atomic E-state index is 12.6. The van der Waals surface area contributed by atoms with Crippen LogP contribution in [-0.4, -0.2) is 36.2 Å². The van der Waals surface area contributed by atoms with Gasteiger partial charge in [0.1, 0.15) is 5.01 Å². The van der Waals surface area contributed by atoms with Crippen LogP contribution in [0.1, 0.15) is 16.3 Å². The van der Waals surface area contributed by atoms with Gasteiger partial charge in [0.2, 0.25) is 0 Å². The molecule has 0 amide bonds. The van der Waals surface area contributed by atoms with Crippen molar-refractivity contribution in [3.8, 4) is 0 Å². The van der Waals surface area contributed by atoms with Crippen molar-refractivity contribution in [3.05, 3.63) is 45.9 Å². The van der Waals surface area contributed by atoms with E-state index in [-0.39, 0.29) is 6.54 Å². The fourth-order valence-electron chi connectivity index (χ4n) is 2.14. The number of thioether (sulfide) groups is 1. The Labute approximate surface area is 153 Å². The van der Waals surface area contributed by atoms with Crippen LogP contribution in [0.4, 0.5) is 13.2 Å². The van der Waals surface area contributed by atoms with E-state index in [2.05, 4.69) is 27.4 Å². The monoisotopic (exact) mass is 388 g/mol. The highest BCUT2D eigenvalue weighted by Crippen LogP contribution is 2.29. The zero-order chi connectivity index (χ0) is 18.4. The zero-order valence-corrected chi connectivity index (χ0v) is 15.7. The molecule has 0 aliphatic carbocycles. The summed E-state index contributed by atoms with van der Waals surface area (Å²) in [5.41, 5.74) is 0.267. The average Bonchev–Trinajstić information content (AvgIpc) is 3.05. The topological polar surface area (TPSA) is 40.5 Å². The number of rotatable bonds is 5. The summed E-state index contributed by atoms with van der Waals surface area (Å²) in [6.45, 7) is 0.836. The fourth-order valence-corrected chi connectivity index (χ4v) is 3.29. The standard InChI is InChI=1S/C16H19F3N4S2/c1-20-15(21-8-14-22-13(10-25-14)16(17,18)19)23(2)9-11-4-6-12(24-3)7-5-11/h4-7,10H,8-9H2,1-3H3,(H,20,21). The van der Waals surface area contributed by atoms with Crippen LogP contribution in [0.2, 0.25) is 0 Å². The lowest BCUT2D eigenvalue weighted by molar-refractivity contribution is -0.140. The zero-order valence-electron chi connectivity index (χ0n) is 14.1. The molecular weight excluding hydrogens is 369 g/mol. The summed E-state index contributed by atoms with van der Waals surface area (Å²) in [6, 6.07) is 8.20. The number of nitrogens with zero attached hydrogens (tertiary/aromatic N) is 3. The van der Waals surface area contributed by atoms with E-state index in [1.165, 1.54) is 4.90 Å². The molecule has 136 valence electrons. The van der Waals surface area contributed by atoms with Gasteiger partial charge in [-0.2, -0.15) is 13.2 Å². The molecule has 0 unspecified atom stereocenters. The Bertz CT molecular complexity index is 711. The van der Waals surface area contributed by atoms with E-state index >= 15 is 0 Å². The van der Waals surface area contributed by atoms with Gasteiger partial charge >= 0.3 is 6.18 Å². The van der Waals surface area contributed by atoms with Crippen molar-refractivity contribution >= 4 is 29.1 Å². The Balaban J connectivity index is 1.93. The predicted octanol–water partition coefficient (Wildman–Crippen LogP) is 4.09. The van der Waals surface area contributed by atoms with Crippen molar-refractivity contribution in [3.63, 3.8) is 0 Å². The van der Waals surface area contributed by atoms with E-state index in [1.54, 1.807) is 18.8 Å². The first-order valence-corrected chi connectivity index (χ1v) is 9.50. The summed E-state index contributed by atoms with van der Waals surface area (Å²) >= 11 is 2.66. The van der Waals surface area contributed by atoms with Gasteiger partial charge in [0, 0.05) is 30.9 Å². The number of thiazole rings is 1. The van der Waals surface area contributed by atoms with Crippen LogP contribution in [-0.2, 0) is 19.3 Å². The second-order valence-electron chi connectivity index (χ2n) is 5.23. The minimum Gasteiger partial charge on any atom is -0.350 e. The predicted molar refractivity (Wildman–Crippen MR) is 97.0 cm³/mol. The van der Waals surface area contributed by atoms with Gasteiger partial charge in [0.15, 0.2) is 11.7 Å². The molecule has 9 heteroatoms. The van der Waals surface area contributed by atoms with Crippen LogP contribution in [0.3, 0.4) is 0 Å². The summed E-state index contributed by atoms with van der Waals surface area (Å²) in [7, 11) is 3.51. The maximum Gasteiger partial charge on any atom is 0.434 e. The smallest absolute Gasteiger partial charge is 0.350 e. The van der Waals surface area contributed by atoms with Crippen molar-refractivity contribution in [2.75, 3.05) is 20.4 Å². The highest BCUT2D eigenvalue weighted by molar-refractivity contribution is 7.98. The number of nitrogens with one attached hydrogen (secondary N) is 1. The molecule has 0 radical (unpaired) electrons. The lowest BCUT2D eigenvalue weighted by Gasteiger charge is -2.22. The Kier molecular flexibility index (Phi) is 6.71. The number of guanidine groups is 1. The summed E-state index contributed by atoms with van der Waals surface area (Å²) < 4.78 is 37.7. The Morgan fingerprint density at radius 1 is 1.32 bits per heavy atom. The number of aliphatic imine (C=N–C) groups is 1. The van der Waals surface area contributed by atoms with Crippen LogP contribution in [0.5, 0.6) is 0 Å². The van der Waals surface area contributed by atoms with E-state index in [9.17, 15) is 13.2 Å². The third-order valence-electron chi connectivity index (χ3n) is 3.39. The van der Waals surface area contributed by atoms with Gasteiger partial charge in [-0.25, -0.2) is 4.98 Å². The number of alkyl halides is 3. The molecule has 0 aliphatic heterocycles. The van der Waals surface area contributed by atoms with Gasteiger partial charge < -0.3 is 10.2 Å².